The van der Waals surface area contributed by atoms with Gasteiger partial charge in [0.25, 0.3) is 0 Å². The number of ether oxygens (including phenoxy) is 1. The van der Waals surface area contributed by atoms with Crippen molar-refractivity contribution in [3.63, 3.8) is 0 Å². The number of halogens is 1. The van der Waals surface area contributed by atoms with Crippen molar-refractivity contribution in [1.29, 1.82) is 0 Å². The Kier molecular flexibility index (Phi) is 2.24. The summed E-state index contributed by atoms with van der Waals surface area (Å²) in [5.74, 6) is 0.768. The summed E-state index contributed by atoms with van der Waals surface area (Å²) in [6.45, 7) is 0.804. The number of alkyl halides is 1. The van der Waals surface area contributed by atoms with Gasteiger partial charge < -0.3 is 4.74 Å². The van der Waals surface area contributed by atoms with E-state index in [2.05, 4.69) is 0 Å². The fourth-order valence-corrected chi connectivity index (χ4v) is 1.46. The molecule has 2 aliphatic carbocycles. The first-order valence-corrected chi connectivity index (χ1v) is 4.85. The van der Waals surface area contributed by atoms with Crippen molar-refractivity contribution in [3.8, 4) is 0 Å². The van der Waals surface area contributed by atoms with Crippen molar-refractivity contribution in [3.05, 3.63) is 24.3 Å². The molecule has 0 atom stereocenters. The zero-order valence-corrected chi connectivity index (χ0v) is 7.76. The standard InChI is InChI=1S/C10H13ClO/c11-10(6-2-1-3-7-10)12-8-9-4-5-9/h2-3,6-7,9H,1,4-5,8H2. The second-order valence-electron chi connectivity index (χ2n) is 3.49. The molecule has 0 aromatic rings. The Morgan fingerprint density at radius 2 is 2.00 bits per heavy atom. The van der Waals surface area contributed by atoms with Gasteiger partial charge in [-0.15, -0.1) is 0 Å². The number of rotatable bonds is 3. The molecule has 66 valence electrons. The molecule has 0 unspecified atom stereocenters. The molecule has 2 aliphatic rings. The Bertz CT molecular complexity index is 204. The minimum Gasteiger partial charge on any atom is -0.352 e. The predicted octanol–water partition coefficient (Wildman–Crippen LogP) is 2.86. The Balaban J connectivity index is 1.85. The lowest BCUT2D eigenvalue weighted by Crippen LogP contribution is -2.22. The molecule has 12 heavy (non-hydrogen) atoms. The molecule has 0 aliphatic heterocycles. The summed E-state index contributed by atoms with van der Waals surface area (Å²) in [7, 11) is 0. The second kappa shape index (κ2) is 3.23. The van der Waals surface area contributed by atoms with Gasteiger partial charge in [-0.2, -0.15) is 0 Å². The van der Waals surface area contributed by atoms with E-state index >= 15 is 0 Å². The number of hydrogen-bond acceptors (Lipinski definition) is 1. The van der Waals surface area contributed by atoms with Crippen LogP contribution in [0.3, 0.4) is 0 Å². The summed E-state index contributed by atoms with van der Waals surface area (Å²) < 4.78 is 5.59. The third-order valence-corrected chi connectivity index (χ3v) is 2.56. The summed E-state index contributed by atoms with van der Waals surface area (Å²) in [5.41, 5.74) is 0. The fraction of sp³-hybridized carbons (Fsp3) is 0.600. The summed E-state index contributed by atoms with van der Waals surface area (Å²) in [6.07, 6.45) is 11.5. The first-order valence-electron chi connectivity index (χ1n) is 4.47. The SMILES string of the molecule is ClC1(OCC2CC2)C=CCC=C1. The third-order valence-electron chi connectivity index (χ3n) is 2.20. The van der Waals surface area contributed by atoms with Gasteiger partial charge in [0.05, 0.1) is 6.61 Å². The minimum atomic E-state index is -0.638. The molecule has 0 spiro atoms. The molecule has 0 aromatic heterocycles. The summed E-state index contributed by atoms with van der Waals surface area (Å²) >= 11 is 6.15. The van der Waals surface area contributed by atoms with E-state index in [4.69, 9.17) is 16.3 Å². The molecular weight excluding hydrogens is 172 g/mol. The number of allylic oxidation sites excluding steroid dienone is 2. The van der Waals surface area contributed by atoms with Crippen molar-refractivity contribution >= 4 is 11.6 Å². The van der Waals surface area contributed by atoms with Crippen LogP contribution in [0, 0.1) is 5.92 Å². The molecule has 1 fully saturated rings. The monoisotopic (exact) mass is 184 g/mol. The first kappa shape index (κ1) is 8.33. The highest BCUT2D eigenvalue weighted by molar-refractivity contribution is 6.25. The van der Waals surface area contributed by atoms with Crippen molar-refractivity contribution < 1.29 is 4.74 Å². The van der Waals surface area contributed by atoms with E-state index in [1.807, 2.05) is 24.3 Å². The van der Waals surface area contributed by atoms with Gasteiger partial charge in [-0.1, -0.05) is 23.8 Å². The molecular formula is C10H13ClO. The van der Waals surface area contributed by atoms with Gasteiger partial charge in [0.2, 0.25) is 0 Å². The topological polar surface area (TPSA) is 9.23 Å². The second-order valence-corrected chi connectivity index (χ2v) is 4.08. The van der Waals surface area contributed by atoms with E-state index in [-0.39, 0.29) is 0 Å². The van der Waals surface area contributed by atoms with Gasteiger partial charge in [0, 0.05) is 0 Å². The van der Waals surface area contributed by atoms with Gasteiger partial charge in [0.1, 0.15) is 0 Å². The quantitative estimate of drug-likeness (QED) is 0.484. The van der Waals surface area contributed by atoms with E-state index in [9.17, 15) is 0 Å². The normalized spacial score (nSPS) is 26.1. The molecule has 0 radical (unpaired) electrons. The van der Waals surface area contributed by atoms with Crippen molar-refractivity contribution in [2.75, 3.05) is 6.61 Å². The van der Waals surface area contributed by atoms with Crippen LogP contribution in [0.25, 0.3) is 0 Å². The van der Waals surface area contributed by atoms with Crippen molar-refractivity contribution in [1.82, 2.24) is 0 Å². The zero-order chi connectivity index (χ0) is 8.44. The van der Waals surface area contributed by atoms with Crippen LogP contribution in [-0.2, 0) is 4.74 Å². The van der Waals surface area contributed by atoms with Crippen LogP contribution in [0.1, 0.15) is 19.3 Å². The van der Waals surface area contributed by atoms with E-state index in [0.29, 0.717) is 0 Å². The maximum Gasteiger partial charge on any atom is 0.179 e. The Labute approximate surface area is 78.0 Å². The molecule has 0 bridgehead atoms. The highest BCUT2D eigenvalue weighted by Crippen LogP contribution is 2.33. The Morgan fingerprint density at radius 3 is 2.58 bits per heavy atom. The number of hydrogen-bond donors (Lipinski definition) is 0. The average Bonchev–Trinajstić information content (AvgIpc) is 2.85. The molecule has 0 heterocycles. The minimum absolute atomic E-state index is 0.638. The first-order chi connectivity index (χ1) is 5.79. The lowest BCUT2D eigenvalue weighted by molar-refractivity contribution is 0.0767. The van der Waals surface area contributed by atoms with Gasteiger partial charge in [0.15, 0.2) is 5.06 Å². The zero-order valence-electron chi connectivity index (χ0n) is 7.00. The maximum absolute atomic E-state index is 6.15. The van der Waals surface area contributed by atoms with Crippen LogP contribution in [0.5, 0.6) is 0 Å². The average molecular weight is 185 g/mol. The molecule has 1 nitrogen and oxygen atoms in total. The Morgan fingerprint density at radius 1 is 1.33 bits per heavy atom. The lowest BCUT2D eigenvalue weighted by Gasteiger charge is -2.22. The summed E-state index contributed by atoms with van der Waals surface area (Å²) in [6, 6.07) is 0. The van der Waals surface area contributed by atoms with E-state index < -0.39 is 5.06 Å². The molecule has 0 aromatic carbocycles. The van der Waals surface area contributed by atoms with Crippen LogP contribution in [0.15, 0.2) is 24.3 Å². The third kappa shape index (κ3) is 2.11. The van der Waals surface area contributed by atoms with Gasteiger partial charge in [-0.25, -0.2) is 0 Å². The Hall–Kier alpha value is -0.270. The summed E-state index contributed by atoms with van der Waals surface area (Å²) in [4.78, 5) is 0. The van der Waals surface area contributed by atoms with E-state index in [1.165, 1.54) is 12.8 Å². The van der Waals surface area contributed by atoms with E-state index in [1.54, 1.807) is 0 Å². The molecule has 1 saturated carbocycles. The smallest absolute Gasteiger partial charge is 0.179 e. The van der Waals surface area contributed by atoms with E-state index in [0.717, 1.165) is 18.9 Å². The molecule has 2 rings (SSSR count). The fourth-order valence-electron chi connectivity index (χ4n) is 1.22. The highest BCUT2D eigenvalue weighted by Gasteiger charge is 2.28. The molecule has 0 N–H and O–H groups in total. The lowest BCUT2D eigenvalue weighted by atomic mass is 10.1. The molecule has 0 saturated heterocycles. The molecule has 0 amide bonds. The largest absolute Gasteiger partial charge is 0.352 e. The van der Waals surface area contributed by atoms with Crippen LogP contribution in [-0.4, -0.2) is 11.7 Å². The van der Waals surface area contributed by atoms with Crippen LogP contribution in [0.2, 0.25) is 0 Å². The van der Waals surface area contributed by atoms with Gasteiger partial charge >= 0.3 is 0 Å². The van der Waals surface area contributed by atoms with Crippen LogP contribution in [0.4, 0.5) is 0 Å². The maximum atomic E-state index is 6.15. The molecule has 2 heteroatoms. The van der Waals surface area contributed by atoms with Crippen LogP contribution < -0.4 is 0 Å². The van der Waals surface area contributed by atoms with Gasteiger partial charge in [-0.05, 0) is 37.3 Å². The summed E-state index contributed by atoms with van der Waals surface area (Å²) in [5, 5.41) is -0.638. The van der Waals surface area contributed by atoms with Gasteiger partial charge in [-0.3, -0.25) is 0 Å². The predicted molar refractivity (Wildman–Crippen MR) is 50.2 cm³/mol. The highest BCUT2D eigenvalue weighted by atomic mass is 35.5. The van der Waals surface area contributed by atoms with Crippen molar-refractivity contribution in [2.24, 2.45) is 5.92 Å². The van der Waals surface area contributed by atoms with Crippen LogP contribution >= 0.6 is 11.6 Å². The van der Waals surface area contributed by atoms with Crippen molar-refractivity contribution in [2.45, 2.75) is 24.3 Å².